The second-order valence-corrected chi connectivity index (χ2v) is 5.29. The van der Waals surface area contributed by atoms with Crippen molar-refractivity contribution in [2.45, 2.75) is 38.8 Å². The highest BCUT2D eigenvalue weighted by Gasteiger charge is 2.36. The maximum atomic E-state index is 11.3. The molecule has 0 aromatic rings. The topological polar surface area (TPSA) is 55.8 Å². The van der Waals surface area contributed by atoms with E-state index >= 15 is 0 Å². The van der Waals surface area contributed by atoms with E-state index in [9.17, 15) is 9.90 Å². The molecule has 0 aromatic carbocycles. The Kier molecular flexibility index (Phi) is 5.56. The van der Waals surface area contributed by atoms with Crippen LogP contribution in [-0.2, 0) is 4.79 Å². The molecule has 0 spiro atoms. The Balaban J connectivity index is 2.54. The minimum atomic E-state index is -0.849. The van der Waals surface area contributed by atoms with Crippen LogP contribution in [0.1, 0.15) is 27.2 Å². The molecule has 0 aromatic heterocycles. The largest absolute Gasteiger partial charge is 0.480 e. The number of hydrogen-bond donors (Lipinski definition) is 2. The highest BCUT2D eigenvalue weighted by Crippen LogP contribution is 2.18. The summed E-state index contributed by atoms with van der Waals surface area (Å²) in [5, 5.41) is 12.2. The van der Waals surface area contributed by atoms with Crippen molar-refractivity contribution >= 4 is 5.97 Å². The van der Waals surface area contributed by atoms with Gasteiger partial charge in [-0.15, -0.1) is 0 Å². The van der Waals surface area contributed by atoms with Gasteiger partial charge in [0.05, 0.1) is 0 Å². The second-order valence-electron chi connectivity index (χ2n) is 5.29. The number of carboxylic acid groups (broad SMARTS) is 1. The maximum Gasteiger partial charge on any atom is 0.324 e. The smallest absolute Gasteiger partial charge is 0.324 e. The first-order valence-corrected chi connectivity index (χ1v) is 6.85. The standard InChI is InChI=1S/C13H27N3O2/c1-5-16(6-2)11-7-8-15(9-11)10-13(3,14-4)12(17)18/h11,14H,5-10H2,1-4H3,(H,17,18). The van der Waals surface area contributed by atoms with E-state index in [0.29, 0.717) is 12.6 Å². The van der Waals surface area contributed by atoms with Gasteiger partial charge in [0, 0.05) is 19.1 Å². The van der Waals surface area contributed by atoms with E-state index in [1.807, 2.05) is 0 Å². The van der Waals surface area contributed by atoms with E-state index in [-0.39, 0.29) is 0 Å². The van der Waals surface area contributed by atoms with Crippen LogP contribution in [0, 0.1) is 0 Å². The third-order valence-corrected chi connectivity index (χ3v) is 4.14. The lowest BCUT2D eigenvalue weighted by molar-refractivity contribution is -0.144. The Hall–Kier alpha value is -0.650. The third kappa shape index (κ3) is 3.43. The zero-order chi connectivity index (χ0) is 13.8. The van der Waals surface area contributed by atoms with Crippen LogP contribution < -0.4 is 5.32 Å². The van der Waals surface area contributed by atoms with Crippen molar-refractivity contribution in [1.29, 1.82) is 0 Å². The first kappa shape index (κ1) is 15.4. The molecule has 106 valence electrons. The minimum Gasteiger partial charge on any atom is -0.480 e. The molecule has 1 saturated heterocycles. The summed E-state index contributed by atoms with van der Waals surface area (Å²) in [7, 11) is 1.71. The van der Waals surface area contributed by atoms with Crippen molar-refractivity contribution in [3.8, 4) is 0 Å². The van der Waals surface area contributed by atoms with Crippen molar-refractivity contribution in [3.05, 3.63) is 0 Å². The molecule has 1 aliphatic rings. The number of rotatable bonds is 7. The molecule has 0 saturated carbocycles. The second kappa shape index (κ2) is 6.50. The summed E-state index contributed by atoms with van der Waals surface area (Å²) >= 11 is 0. The van der Waals surface area contributed by atoms with Crippen LogP contribution in [0.3, 0.4) is 0 Å². The summed E-state index contributed by atoms with van der Waals surface area (Å²) in [6.07, 6.45) is 1.14. The molecule has 0 amide bonds. The molecule has 5 heteroatoms. The fraction of sp³-hybridized carbons (Fsp3) is 0.923. The third-order valence-electron chi connectivity index (χ3n) is 4.14. The number of likely N-dealkylation sites (N-methyl/N-ethyl adjacent to an activating group) is 2. The van der Waals surface area contributed by atoms with Crippen LogP contribution in [-0.4, -0.2) is 72.2 Å². The van der Waals surface area contributed by atoms with Crippen LogP contribution in [0.15, 0.2) is 0 Å². The zero-order valence-electron chi connectivity index (χ0n) is 12.1. The van der Waals surface area contributed by atoms with Gasteiger partial charge in [0.25, 0.3) is 0 Å². The number of aliphatic carboxylic acids is 1. The predicted molar refractivity (Wildman–Crippen MR) is 72.9 cm³/mol. The molecule has 2 N–H and O–H groups in total. The summed E-state index contributed by atoms with van der Waals surface area (Å²) in [5.41, 5.74) is -0.849. The maximum absolute atomic E-state index is 11.3. The number of nitrogens with zero attached hydrogens (tertiary/aromatic N) is 2. The fourth-order valence-electron chi connectivity index (χ4n) is 2.69. The van der Waals surface area contributed by atoms with Crippen LogP contribution in [0.5, 0.6) is 0 Å². The van der Waals surface area contributed by atoms with Crippen LogP contribution in [0.25, 0.3) is 0 Å². The Morgan fingerprint density at radius 3 is 2.56 bits per heavy atom. The number of hydrogen-bond acceptors (Lipinski definition) is 4. The van der Waals surface area contributed by atoms with Gasteiger partial charge >= 0.3 is 5.97 Å². The number of likely N-dealkylation sites (tertiary alicyclic amines) is 1. The molecular formula is C13H27N3O2. The van der Waals surface area contributed by atoms with Crippen LogP contribution in [0.2, 0.25) is 0 Å². The van der Waals surface area contributed by atoms with Gasteiger partial charge in [-0.1, -0.05) is 13.8 Å². The van der Waals surface area contributed by atoms with Gasteiger partial charge in [-0.2, -0.15) is 0 Å². The molecule has 1 aliphatic heterocycles. The van der Waals surface area contributed by atoms with Gasteiger partial charge in [0.15, 0.2) is 0 Å². The van der Waals surface area contributed by atoms with Crippen molar-refractivity contribution in [1.82, 2.24) is 15.1 Å². The van der Waals surface area contributed by atoms with E-state index in [4.69, 9.17) is 0 Å². The molecule has 2 atom stereocenters. The van der Waals surface area contributed by atoms with Gasteiger partial charge in [0.2, 0.25) is 0 Å². The van der Waals surface area contributed by atoms with Crippen LogP contribution >= 0.6 is 0 Å². The summed E-state index contributed by atoms with van der Waals surface area (Å²) < 4.78 is 0. The average molecular weight is 257 g/mol. The fourth-order valence-corrected chi connectivity index (χ4v) is 2.69. The van der Waals surface area contributed by atoms with Gasteiger partial charge in [-0.3, -0.25) is 14.6 Å². The van der Waals surface area contributed by atoms with Gasteiger partial charge in [-0.05, 0) is 40.0 Å². The molecule has 1 fully saturated rings. The first-order chi connectivity index (χ1) is 8.46. The lowest BCUT2D eigenvalue weighted by atomic mass is 10.0. The highest BCUT2D eigenvalue weighted by atomic mass is 16.4. The summed E-state index contributed by atoms with van der Waals surface area (Å²) in [4.78, 5) is 16.0. The normalized spacial score (nSPS) is 24.4. The lowest BCUT2D eigenvalue weighted by Gasteiger charge is -2.31. The monoisotopic (exact) mass is 257 g/mol. The number of carbonyl (C=O) groups is 1. The SMILES string of the molecule is CCN(CC)C1CCN(CC(C)(NC)C(=O)O)C1. The van der Waals surface area contributed by atoms with Crippen molar-refractivity contribution < 1.29 is 9.90 Å². The van der Waals surface area contributed by atoms with E-state index < -0.39 is 11.5 Å². The summed E-state index contributed by atoms with van der Waals surface area (Å²) in [6.45, 7) is 10.8. The Labute approximate surface area is 110 Å². The van der Waals surface area contributed by atoms with E-state index in [0.717, 1.165) is 32.6 Å². The molecule has 1 rings (SSSR count). The lowest BCUT2D eigenvalue weighted by Crippen LogP contribution is -2.55. The van der Waals surface area contributed by atoms with Crippen molar-refractivity contribution in [2.24, 2.45) is 0 Å². The van der Waals surface area contributed by atoms with Gasteiger partial charge in [-0.25, -0.2) is 0 Å². The number of nitrogens with one attached hydrogen (secondary N) is 1. The van der Waals surface area contributed by atoms with Crippen molar-refractivity contribution in [3.63, 3.8) is 0 Å². The minimum absolute atomic E-state index is 0.566. The Bertz CT molecular complexity index is 281. The molecule has 2 unspecified atom stereocenters. The van der Waals surface area contributed by atoms with E-state index in [1.54, 1.807) is 14.0 Å². The summed E-state index contributed by atoms with van der Waals surface area (Å²) in [6, 6.07) is 0.579. The first-order valence-electron chi connectivity index (χ1n) is 6.85. The molecule has 0 aliphatic carbocycles. The number of carboxylic acids is 1. The molecule has 0 bridgehead atoms. The molecule has 1 heterocycles. The summed E-state index contributed by atoms with van der Waals surface area (Å²) in [5.74, 6) is -0.781. The van der Waals surface area contributed by atoms with Gasteiger partial charge in [0.1, 0.15) is 5.54 Å². The molecular weight excluding hydrogens is 230 g/mol. The van der Waals surface area contributed by atoms with Crippen LogP contribution in [0.4, 0.5) is 0 Å². The molecule has 18 heavy (non-hydrogen) atoms. The molecule has 5 nitrogen and oxygen atoms in total. The zero-order valence-corrected chi connectivity index (χ0v) is 12.1. The van der Waals surface area contributed by atoms with Gasteiger partial charge < -0.3 is 10.4 Å². The quantitative estimate of drug-likeness (QED) is 0.694. The Morgan fingerprint density at radius 1 is 1.50 bits per heavy atom. The predicted octanol–water partition coefficient (Wildman–Crippen LogP) is 0.465. The van der Waals surface area contributed by atoms with Crippen molar-refractivity contribution in [2.75, 3.05) is 39.8 Å². The van der Waals surface area contributed by atoms with E-state index in [2.05, 4.69) is 29.0 Å². The average Bonchev–Trinajstić information content (AvgIpc) is 2.78. The molecule has 0 radical (unpaired) electrons. The Morgan fingerprint density at radius 2 is 2.11 bits per heavy atom. The highest BCUT2D eigenvalue weighted by molar-refractivity contribution is 5.78. The van der Waals surface area contributed by atoms with E-state index in [1.165, 1.54) is 0 Å².